The van der Waals surface area contributed by atoms with Crippen LogP contribution in [-0.2, 0) is 35.4 Å². The zero-order valence-electron chi connectivity index (χ0n) is 22.6. The Morgan fingerprint density at radius 3 is 1.79 bits per heavy atom. The first-order chi connectivity index (χ1) is 19.2. The lowest BCUT2D eigenvalue weighted by Crippen LogP contribution is -2.46. The van der Waals surface area contributed by atoms with Crippen LogP contribution in [0.1, 0.15) is 60.1 Å². The van der Waals surface area contributed by atoms with Crippen molar-refractivity contribution in [1.82, 2.24) is 5.32 Å². The zero-order valence-corrected chi connectivity index (χ0v) is 22.6. The summed E-state index contributed by atoms with van der Waals surface area (Å²) in [7, 11) is 1.33. The summed E-state index contributed by atoms with van der Waals surface area (Å²) in [4.78, 5) is 12.4. The number of aliphatic carboxylic acids is 1. The van der Waals surface area contributed by atoms with E-state index in [0.29, 0.717) is 5.56 Å². The molecular formula is C29H26F9NO3. The first kappa shape index (κ1) is 32.8. The van der Waals surface area contributed by atoms with E-state index in [1.807, 2.05) is 0 Å². The predicted molar refractivity (Wildman–Crippen MR) is 136 cm³/mol. The molecule has 1 atom stereocenters. The van der Waals surface area contributed by atoms with Crippen molar-refractivity contribution >= 4 is 5.97 Å². The van der Waals surface area contributed by atoms with Crippen LogP contribution < -0.4 is 10.1 Å². The van der Waals surface area contributed by atoms with Gasteiger partial charge in [-0.25, -0.2) is 4.79 Å². The number of carbonyl (C=O) groups is 1. The fourth-order valence-electron chi connectivity index (χ4n) is 4.47. The topological polar surface area (TPSA) is 58.6 Å². The summed E-state index contributed by atoms with van der Waals surface area (Å²) in [6, 6.07) is 8.74. The molecule has 2 N–H and O–H groups in total. The van der Waals surface area contributed by atoms with E-state index < -0.39 is 64.8 Å². The van der Waals surface area contributed by atoms with E-state index in [9.17, 15) is 49.4 Å². The van der Waals surface area contributed by atoms with Gasteiger partial charge in [0.1, 0.15) is 11.3 Å². The number of rotatable bonds is 8. The molecule has 1 unspecified atom stereocenters. The first-order valence-electron chi connectivity index (χ1n) is 12.4. The highest BCUT2D eigenvalue weighted by Gasteiger charge is 2.42. The summed E-state index contributed by atoms with van der Waals surface area (Å²) in [5.74, 6) is -2.20. The van der Waals surface area contributed by atoms with Gasteiger partial charge in [0.05, 0.1) is 23.8 Å². The summed E-state index contributed by atoms with van der Waals surface area (Å²) in [6.45, 7) is 3.24. The standard InChI is InChI=1S/C29H26F9NO3/c1-15(2)21-13-22(20-7-5-6-8-24(20)42-4)16(9-23(21)29(36,37)38)14-39-26(3,25(40)41)17-10-18(27(30,31)32)12-19(11-17)28(33,34)35/h5-13,15,39H,14H2,1-4H3,(H,40,41). The third kappa shape index (κ3) is 6.83. The number of hydrogen-bond donors (Lipinski definition) is 2. The Hall–Kier alpha value is -3.74. The van der Waals surface area contributed by atoms with Gasteiger partial charge in [0.2, 0.25) is 0 Å². The average Bonchev–Trinajstić information content (AvgIpc) is 2.89. The second-order valence-corrected chi connectivity index (χ2v) is 10.0. The van der Waals surface area contributed by atoms with Gasteiger partial charge in [-0.1, -0.05) is 32.0 Å². The van der Waals surface area contributed by atoms with Crippen molar-refractivity contribution in [3.8, 4) is 16.9 Å². The van der Waals surface area contributed by atoms with Gasteiger partial charge >= 0.3 is 24.5 Å². The van der Waals surface area contributed by atoms with Crippen molar-refractivity contribution in [1.29, 1.82) is 0 Å². The molecule has 0 heterocycles. The molecule has 3 aromatic carbocycles. The van der Waals surface area contributed by atoms with Crippen LogP contribution in [0, 0.1) is 0 Å². The molecule has 228 valence electrons. The highest BCUT2D eigenvalue weighted by atomic mass is 19.4. The van der Waals surface area contributed by atoms with Gasteiger partial charge < -0.3 is 9.84 Å². The molecule has 0 fully saturated rings. The Kier molecular flexibility index (Phi) is 8.98. The van der Waals surface area contributed by atoms with Crippen molar-refractivity contribution < 1.29 is 54.2 Å². The minimum Gasteiger partial charge on any atom is -0.496 e. The van der Waals surface area contributed by atoms with Crippen LogP contribution in [0.15, 0.2) is 54.6 Å². The number of alkyl halides is 9. The second kappa shape index (κ2) is 11.5. The van der Waals surface area contributed by atoms with Crippen LogP contribution in [0.25, 0.3) is 11.1 Å². The lowest BCUT2D eigenvalue weighted by Gasteiger charge is -2.30. The molecule has 0 radical (unpaired) electrons. The van der Waals surface area contributed by atoms with Crippen molar-refractivity contribution in [2.24, 2.45) is 0 Å². The largest absolute Gasteiger partial charge is 0.496 e. The second-order valence-electron chi connectivity index (χ2n) is 10.0. The number of carboxylic acids is 1. The number of methoxy groups -OCH3 is 1. The Morgan fingerprint density at radius 1 is 0.810 bits per heavy atom. The van der Waals surface area contributed by atoms with Gasteiger partial charge in [0.15, 0.2) is 0 Å². The van der Waals surface area contributed by atoms with Crippen LogP contribution >= 0.6 is 0 Å². The Balaban J connectivity index is 2.26. The minimum absolute atomic E-state index is 0.0825. The molecule has 0 aliphatic heterocycles. The molecule has 3 aromatic rings. The van der Waals surface area contributed by atoms with E-state index in [4.69, 9.17) is 4.74 Å². The molecule has 0 aliphatic carbocycles. The number of carboxylic acid groups (broad SMARTS) is 1. The van der Waals surface area contributed by atoms with Crippen molar-refractivity contribution in [2.45, 2.75) is 57.3 Å². The van der Waals surface area contributed by atoms with E-state index in [-0.39, 0.29) is 40.6 Å². The predicted octanol–water partition coefficient (Wildman–Crippen LogP) is 8.63. The lowest BCUT2D eigenvalue weighted by atomic mass is 9.86. The van der Waals surface area contributed by atoms with E-state index in [2.05, 4.69) is 5.32 Å². The molecule has 3 rings (SSSR count). The number of para-hydroxylation sites is 1. The molecule has 4 nitrogen and oxygen atoms in total. The highest BCUT2D eigenvalue weighted by molar-refractivity contribution is 5.81. The molecule has 42 heavy (non-hydrogen) atoms. The maximum absolute atomic E-state index is 14.1. The molecule has 0 bridgehead atoms. The third-order valence-electron chi connectivity index (χ3n) is 6.83. The van der Waals surface area contributed by atoms with E-state index in [1.165, 1.54) is 13.2 Å². The SMILES string of the molecule is COc1ccccc1-c1cc(C(C)C)c(C(F)(F)F)cc1CNC(C)(C(=O)O)c1cc(C(F)(F)F)cc(C(F)(F)F)c1. The van der Waals surface area contributed by atoms with Crippen LogP contribution in [0.4, 0.5) is 39.5 Å². The van der Waals surface area contributed by atoms with Crippen LogP contribution in [0.2, 0.25) is 0 Å². The average molecular weight is 608 g/mol. The lowest BCUT2D eigenvalue weighted by molar-refractivity contribution is -0.147. The summed E-state index contributed by atoms with van der Waals surface area (Å²) < 4.78 is 129. The molecule has 0 aromatic heterocycles. The first-order valence-corrected chi connectivity index (χ1v) is 12.4. The number of hydrogen-bond acceptors (Lipinski definition) is 3. The number of benzene rings is 3. The van der Waals surface area contributed by atoms with Crippen LogP contribution in [0.5, 0.6) is 5.75 Å². The number of nitrogens with one attached hydrogen (secondary N) is 1. The van der Waals surface area contributed by atoms with E-state index >= 15 is 0 Å². The fraction of sp³-hybridized carbons (Fsp3) is 0.345. The molecule has 0 saturated carbocycles. The van der Waals surface area contributed by atoms with Crippen LogP contribution in [0.3, 0.4) is 0 Å². The zero-order chi connectivity index (χ0) is 31.8. The Bertz CT molecular complexity index is 1430. The molecule has 0 aliphatic rings. The maximum atomic E-state index is 14.1. The fourth-order valence-corrected chi connectivity index (χ4v) is 4.47. The summed E-state index contributed by atoms with van der Waals surface area (Å²) in [5, 5.41) is 12.4. The number of halogens is 9. The summed E-state index contributed by atoms with van der Waals surface area (Å²) in [6.07, 6.45) is -15.3. The normalized spacial score (nSPS) is 14.1. The van der Waals surface area contributed by atoms with Gasteiger partial charge in [-0.15, -0.1) is 0 Å². The molecule has 0 amide bonds. The molecule has 0 spiro atoms. The summed E-state index contributed by atoms with van der Waals surface area (Å²) >= 11 is 0. The monoisotopic (exact) mass is 607 g/mol. The van der Waals surface area contributed by atoms with Crippen LogP contribution in [-0.4, -0.2) is 18.2 Å². The van der Waals surface area contributed by atoms with Gasteiger partial charge in [-0.3, -0.25) is 5.32 Å². The van der Waals surface area contributed by atoms with Gasteiger partial charge in [-0.2, -0.15) is 39.5 Å². The van der Waals surface area contributed by atoms with Gasteiger partial charge in [0, 0.05) is 12.1 Å². The van der Waals surface area contributed by atoms with E-state index in [0.717, 1.165) is 13.0 Å². The Labute approximate surface area is 235 Å². The highest BCUT2D eigenvalue weighted by Crippen LogP contribution is 2.42. The van der Waals surface area contributed by atoms with Crippen molar-refractivity contribution in [3.05, 3.63) is 88.0 Å². The summed E-state index contributed by atoms with van der Waals surface area (Å²) in [5.41, 5.74) is -7.66. The minimum atomic E-state index is -5.25. The maximum Gasteiger partial charge on any atom is 0.416 e. The van der Waals surface area contributed by atoms with Gasteiger partial charge in [0.25, 0.3) is 0 Å². The molecular weight excluding hydrogens is 581 g/mol. The smallest absolute Gasteiger partial charge is 0.416 e. The Morgan fingerprint density at radius 2 is 1.33 bits per heavy atom. The molecule has 0 saturated heterocycles. The van der Waals surface area contributed by atoms with E-state index in [1.54, 1.807) is 38.1 Å². The third-order valence-corrected chi connectivity index (χ3v) is 6.83. The van der Waals surface area contributed by atoms with Crippen molar-refractivity contribution in [3.63, 3.8) is 0 Å². The quantitative estimate of drug-likeness (QED) is 0.252. The van der Waals surface area contributed by atoms with Gasteiger partial charge in [-0.05, 0) is 71.5 Å². The number of ether oxygens (including phenoxy) is 1. The molecule has 13 heteroatoms. The van der Waals surface area contributed by atoms with Crippen molar-refractivity contribution in [2.75, 3.05) is 7.11 Å².